The van der Waals surface area contributed by atoms with Crippen molar-refractivity contribution in [3.8, 4) is 0 Å². The number of hydrogen-bond donors (Lipinski definition) is 2. The highest BCUT2D eigenvalue weighted by atomic mass is 127. The van der Waals surface area contributed by atoms with Gasteiger partial charge in [0.15, 0.2) is 0 Å². The molecule has 1 aromatic heterocycles. The minimum absolute atomic E-state index is 0.0120. The molecule has 0 radical (unpaired) electrons. The van der Waals surface area contributed by atoms with Gasteiger partial charge in [0, 0.05) is 24.3 Å². The van der Waals surface area contributed by atoms with Crippen LogP contribution in [0.5, 0.6) is 0 Å². The van der Waals surface area contributed by atoms with Crippen molar-refractivity contribution in [2.45, 2.75) is 32.8 Å². The van der Waals surface area contributed by atoms with Crippen LogP contribution in [0, 0.1) is 9.39 Å². The molecule has 1 aromatic carbocycles. The van der Waals surface area contributed by atoms with E-state index < -0.39 is 23.0 Å². The van der Waals surface area contributed by atoms with Crippen LogP contribution in [0.25, 0.3) is 0 Å². The smallest absolute Gasteiger partial charge is 0.332 e. The summed E-state index contributed by atoms with van der Waals surface area (Å²) in [6.45, 7) is 6.37. The number of nitrogens with one attached hydrogen (secondary N) is 2. The lowest BCUT2D eigenvalue weighted by Crippen LogP contribution is -2.43. The van der Waals surface area contributed by atoms with Gasteiger partial charge in [-0.15, -0.1) is 0 Å². The van der Waals surface area contributed by atoms with Crippen LogP contribution >= 0.6 is 22.6 Å². The van der Waals surface area contributed by atoms with Gasteiger partial charge in [0.25, 0.3) is 11.5 Å². The Morgan fingerprint density at radius 1 is 1.16 bits per heavy atom. The quantitative estimate of drug-likeness (QED) is 0.299. The van der Waals surface area contributed by atoms with Crippen LogP contribution in [-0.2, 0) is 23.7 Å². The lowest BCUT2D eigenvalue weighted by atomic mass is 10.2. The number of carbonyl (C=O) groups is 1. The first-order valence-electron chi connectivity index (χ1n) is 9.50. The number of rotatable bonds is 8. The Hall–Kier alpha value is -2.25. The maximum atomic E-state index is 14.3. The van der Waals surface area contributed by atoms with E-state index in [2.05, 4.69) is 10.8 Å². The molecule has 2 aromatic rings. The molecule has 1 heterocycles. The van der Waals surface area contributed by atoms with E-state index >= 15 is 0 Å². The summed E-state index contributed by atoms with van der Waals surface area (Å²) in [4.78, 5) is 42.8. The molecule has 0 aliphatic heterocycles. The summed E-state index contributed by atoms with van der Waals surface area (Å²) in [5.41, 5.74) is 0.0417. The number of benzene rings is 1. The summed E-state index contributed by atoms with van der Waals surface area (Å²) < 4.78 is 22.4. The molecule has 1 amide bonds. The van der Waals surface area contributed by atoms with Gasteiger partial charge >= 0.3 is 5.69 Å². The van der Waals surface area contributed by atoms with E-state index in [1.165, 1.54) is 26.2 Å². The van der Waals surface area contributed by atoms with Crippen molar-refractivity contribution >= 4 is 40.0 Å². The number of halogens is 2. The molecule has 170 valence electrons. The van der Waals surface area contributed by atoms with Crippen LogP contribution in [0.1, 0.15) is 37.6 Å². The van der Waals surface area contributed by atoms with Crippen LogP contribution in [0.3, 0.4) is 0 Å². The molecule has 9 nitrogen and oxygen atoms in total. The summed E-state index contributed by atoms with van der Waals surface area (Å²) in [5.74, 6) is -1.60. The molecule has 2 N–H and O–H groups in total. The van der Waals surface area contributed by atoms with Crippen LogP contribution in [0.2, 0.25) is 0 Å². The molecule has 11 heteroatoms. The molecule has 0 aliphatic carbocycles. The number of nitrogens with zero attached hydrogens (tertiary/aromatic N) is 2. The highest BCUT2D eigenvalue weighted by molar-refractivity contribution is 14.1. The van der Waals surface area contributed by atoms with Crippen molar-refractivity contribution < 1.29 is 18.8 Å². The molecule has 0 saturated heterocycles. The van der Waals surface area contributed by atoms with Gasteiger partial charge in [0.1, 0.15) is 17.2 Å². The fourth-order valence-electron chi connectivity index (χ4n) is 2.59. The molecular formula is C20H26FIN4O5. The number of hydroxylamine groups is 1. The van der Waals surface area contributed by atoms with E-state index in [1.807, 2.05) is 43.4 Å². The molecule has 0 bridgehead atoms. The predicted octanol–water partition coefficient (Wildman–Crippen LogP) is 2.44. The summed E-state index contributed by atoms with van der Waals surface area (Å²) >= 11 is 1.95. The van der Waals surface area contributed by atoms with Gasteiger partial charge in [-0.05, 0) is 68.0 Å². The number of aromatic nitrogens is 2. The Kier molecular flexibility index (Phi) is 8.37. The van der Waals surface area contributed by atoms with Crippen LogP contribution in [0.15, 0.2) is 27.8 Å². The van der Waals surface area contributed by atoms with E-state index in [1.54, 1.807) is 6.07 Å². The van der Waals surface area contributed by atoms with Crippen molar-refractivity contribution in [2.24, 2.45) is 14.1 Å². The third kappa shape index (κ3) is 6.61. The highest BCUT2D eigenvalue weighted by Crippen LogP contribution is 2.22. The van der Waals surface area contributed by atoms with E-state index in [9.17, 15) is 18.8 Å². The van der Waals surface area contributed by atoms with Crippen LogP contribution in [-0.4, -0.2) is 33.9 Å². The van der Waals surface area contributed by atoms with E-state index in [0.717, 1.165) is 9.13 Å². The third-order valence-corrected chi connectivity index (χ3v) is 4.84. The van der Waals surface area contributed by atoms with E-state index in [0.29, 0.717) is 16.6 Å². The predicted molar refractivity (Wildman–Crippen MR) is 123 cm³/mol. The fraction of sp³-hybridized carbons (Fsp3) is 0.450. The first-order chi connectivity index (χ1) is 14.4. The van der Waals surface area contributed by atoms with Gasteiger partial charge in [0.2, 0.25) is 0 Å². The van der Waals surface area contributed by atoms with E-state index in [-0.39, 0.29) is 29.3 Å². The van der Waals surface area contributed by atoms with Crippen molar-refractivity contribution in [3.63, 3.8) is 0 Å². The lowest BCUT2D eigenvalue weighted by Gasteiger charge is -2.19. The Balaban J connectivity index is 2.24. The second-order valence-corrected chi connectivity index (χ2v) is 9.02. The standard InChI is InChI=1S/C20H26FIN4O5/c1-20(2,3)30-9-6-10-31-24-17(27)15-16(25(4)19(29)26(5)18(15)28)23-14-8-7-12(22)11-13(14)21/h7-8,11,23H,6,9-10H2,1-5H3,(H,24,27). The average Bonchev–Trinajstić information content (AvgIpc) is 2.68. The van der Waals surface area contributed by atoms with Crippen molar-refractivity contribution in [1.82, 2.24) is 14.6 Å². The van der Waals surface area contributed by atoms with Gasteiger partial charge in [-0.25, -0.2) is 14.7 Å². The maximum absolute atomic E-state index is 14.3. The van der Waals surface area contributed by atoms with Gasteiger partial charge in [0.05, 0.1) is 17.9 Å². The average molecular weight is 548 g/mol. The second-order valence-electron chi connectivity index (χ2n) is 7.77. The van der Waals surface area contributed by atoms with Gasteiger partial charge in [-0.2, -0.15) is 0 Å². The molecule has 0 aliphatic rings. The van der Waals surface area contributed by atoms with Gasteiger partial charge in [-0.1, -0.05) is 0 Å². The topological polar surface area (TPSA) is 104 Å². The van der Waals surface area contributed by atoms with Crippen LogP contribution < -0.4 is 22.0 Å². The Bertz CT molecular complexity index is 1070. The Labute approximate surface area is 192 Å². The minimum atomic E-state index is -0.860. The first-order valence-corrected chi connectivity index (χ1v) is 10.6. The monoisotopic (exact) mass is 548 g/mol. The zero-order valence-electron chi connectivity index (χ0n) is 18.0. The Morgan fingerprint density at radius 2 is 1.84 bits per heavy atom. The Morgan fingerprint density at radius 3 is 2.45 bits per heavy atom. The third-order valence-electron chi connectivity index (χ3n) is 4.17. The maximum Gasteiger partial charge on any atom is 0.332 e. The van der Waals surface area contributed by atoms with Crippen molar-refractivity contribution in [3.05, 3.63) is 54.0 Å². The SMILES string of the molecule is Cn1c(Nc2ccc(I)cc2F)c(C(=O)NOCCCOC(C)(C)C)c(=O)n(C)c1=O. The zero-order chi connectivity index (χ0) is 23.3. The number of anilines is 2. The zero-order valence-corrected chi connectivity index (χ0v) is 20.2. The van der Waals surface area contributed by atoms with Gasteiger partial charge < -0.3 is 10.1 Å². The summed E-state index contributed by atoms with van der Waals surface area (Å²) in [5, 5.41) is 2.69. The molecular weight excluding hydrogens is 522 g/mol. The summed E-state index contributed by atoms with van der Waals surface area (Å²) in [6, 6.07) is 4.38. The summed E-state index contributed by atoms with van der Waals surface area (Å²) in [6.07, 6.45) is 0.516. The second kappa shape index (κ2) is 10.4. The normalized spacial score (nSPS) is 11.5. The molecule has 0 unspecified atom stereocenters. The summed E-state index contributed by atoms with van der Waals surface area (Å²) in [7, 11) is 2.62. The van der Waals surface area contributed by atoms with Gasteiger partial charge in [-0.3, -0.25) is 23.6 Å². The van der Waals surface area contributed by atoms with Crippen molar-refractivity contribution in [2.75, 3.05) is 18.5 Å². The minimum Gasteiger partial charge on any atom is -0.376 e. The fourth-order valence-corrected chi connectivity index (χ4v) is 3.04. The van der Waals surface area contributed by atoms with Crippen LogP contribution in [0.4, 0.5) is 15.9 Å². The lowest BCUT2D eigenvalue weighted by molar-refractivity contribution is -0.0234. The number of carbonyl (C=O) groups excluding carboxylic acids is 1. The molecule has 0 spiro atoms. The molecule has 0 saturated carbocycles. The highest BCUT2D eigenvalue weighted by Gasteiger charge is 2.23. The first kappa shape index (κ1) is 25.0. The van der Waals surface area contributed by atoms with E-state index in [4.69, 9.17) is 9.57 Å². The number of hydrogen-bond acceptors (Lipinski definition) is 6. The number of amides is 1. The molecule has 2 rings (SSSR count). The number of ether oxygens (including phenoxy) is 1. The molecule has 0 fully saturated rings. The largest absolute Gasteiger partial charge is 0.376 e. The molecule has 0 atom stereocenters. The van der Waals surface area contributed by atoms with Crippen molar-refractivity contribution in [1.29, 1.82) is 0 Å². The molecule has 31 heavy (non-hydrogen) atoms.